The molecule has 0 aromatic heterocycles. The normalized spacial score (nSPS) is 17.7. The van der Waals surface area contributed by atoms with Gasteiger partial charge in [-0.25, -0.2) is 4.79 Å². The molecular weight excluding hydrogens is 524 g/mol. The van der Waals surface area contributed by atoms with E-state index < -0.39 is 32.4 Å². The Morgan fingerprint density at radius 1 is 0.951 bits per heavy atom. The summed E-state index contributed by atoms with van der Waals surface area (Å²) in [6.45, 7) is 15.1. The van der Waals surface area contributed by atoms with E-state index in [1.54, 1.807) is 7.11 Å². The van der Waals surface area contributed by atoms with Gasteiger partial charge in [-0.2, -0.15) is 0 Å². The summed E-state index contributed by atoms with van der Waals surface area (Å²) in [5.74, 6) is 5.38. The molecule has 1 saturated heterocycles. The van der Waals surface area contributed by atoms with Gasteiger partial charge in [-0.15, -0.1) is 5.73 Å². The minimum atomic E-state index is -2.76. The van der Waals surface area contributed by atoms with Gasteiger partial charge in [-0.1, -0.05) is 125 Å². The topological polar surface area (TPSA) is 44.8 Å². The lowest BCUT2D eigenvalue weighted by molar-refractivity contribution is -0.137. The quantitative estimate of drug-likeness (QED) is 0.108. The number of methoxy groups -OCH3 is 1. The molecule has 4 rings (SSSR count). The number of ether oxygens (including phenoxy) is 2. The predicted molar refractivity (Wildman–Crippen MR) is 167 cm³/mol. The minimum Gasteiger partial charge on any atom is -0.445 e. The fraction of sp³-hybridized carbons (Fsp3) is 0.278. The molecule has 0 aliphatic carbocycles. The number of hydrogen-bond acceptors (Lipinski definition) is 4. The summed E-state index contributed by atoms with van der Waals surface area (Å²) in [4.78, 5) is 12.6. The van der Waals surface area contributed by atoms with Crippen molar-refractivity contribution in [2.45, 2.75) is 44.4 Å². The lowest BCUT2D eigenvalue weighted by Gasteiger charge is -2.43. The highest BCUT2D eigenvalue weighted by Crippen LogP contribution is 2.38. The molecule has 3 aromatic rings. The number of benzene rings is 3. The molecule has 0 amide bonds. The highest BCUT2D eigenvalue weighted by atomic mass is 28.4. The van der Waals surface area contributed by atoms with Crippen LogP contribution >= 0.6 is 0 Å². The Balaban J connectivity index is 1.62. The molecule has 0 N–H and O–H groups in total. The van der Waals surface area contributed by atoms with E-state index in [1.165, 1.54) is 10.4 Å². The fourth-order valence-electron chi connectivity index (χ4n) is 5.54. The first-order chi connectivity index (χ1) is 19.7. The van der Waals surface area contributed by atoms with Crippen molar-refractivity contribution in [2.75, 3.05) is 13.7 Å². The van der Waals surface area contributed by atoms with E-state index in [2.05, 4.69) is 100 Å². The van der Waals surface area contributed by atoms with Crippen LogP contribution in [-0.4, -0.2) is 40.2 Å². The Morgan fingerprint density at radius 2 is 1.49 bits per heavy atom. The fourth-order valence-corrected chi connectivity index (χ4v) is 10.1. The third-order valence-electron chi connectivity index (χ3n) is 7.64. The zero-order chi connectivity index (χ0) is 29.5. The van der Waals surface area contributed by atoms with Gasteiger partial charge in [0.05, 0.1) is 18.6 Å². The van der Waals surface area contributed by atoms with Gasteiger partial charge in [0.2, 0.25) is 0 Å². The van der Waals surface area contributed by atoms with Gasteiger partial charge in [-0.05, 0) is 33.1 Å². The maximum absolute atomic E-state index is 12.6. The summed E-state index contributed by atoms with van der Waals surface area (Å²) >= 11 is 0. The SMILES string of the molecule is C=C=C(CO[Si](c1ccccc1)(c1ccccc1)C(C)(C)C)CC(OC)[C@@H]1C(=C)C(=O)O[C@H]1C#Cc1ccccc1. The van der Waals surface area contributed by atoms with Crippen LogP contribution in [0.1, 0.15) is 32.8 Å². The van der Waals surface area contributed by atoms with Crippen molar-refractivity contribution in [3.8, 4) is 11.8 Å². The molecule has 3 atom stereocenters. The molecule has 1 unspecified atom stereocenters. The summed E-state index contributed by atoms with van der Waals surface area (Å²) in [7, 11) is -1.13. The van der Waals surface area contributed by atoms with Crippen LogP contribution in [0.15, 0.2) is 121 Å². The van der Waals surface area contributed by atoms with Gasteiger partial charge in [0, 0.05) is 24.7 Å². The second kappa shape index (κ2) is 13.2. The predicted octanol–water partition coefficient (Wildman–Crippen LogP) is 5.83. The smallest absolute Gasteiger partial charge is 0.335 e. The lowest BCUT2D eigenvalue weighted by Crippen LogP contribution is -2.66. The van der Waals surface area contributed by atoms with Crippen LogP contribution in [0.5, 0.6) is 0 Å². The summed E-state index contributed by atoms with van der Waals surface area (Å²) in [5.41, 5.74) is 5.17. The van der Waals surface area contributed by atoms with E-state index in [0.29, 0.717) is 18.6 Å². The molecule has 210 valence electrons. The molecule has 0 saturated carbocycles. The van der Waals surface area contributed by atoms with Crippen LogP contribution in [0.25, 0.3) is 0 Å². The first kappa shape index (κ1) is 30.1. The largest absolute Gasteiger partial charge is 0.445 e. The van der Waals surface area contributed by atoms with Crippen molar-refractivity contribution in [1.82, 2.24) is 0 Å². The van der Waals surface area contributed by atoms with E-state index >= 15 is 0 Å². The van der Waals surface area contributed by atoms with Crippen molar-refractivity contribution in [1.29, 1.82) is 0 Å². The minimum absolute atomic E-state index is 0.166. The molecule has 4 nitrogen and oxygen atoms in total. The highest BCUT2D eigenvalue weighted by molar-refractivity contribution is 6.99. The molecule has 1 heterocycles. The number of hydrogen-bond donors (Lipinski definition) is 0. The van der Waals surface area contributed by atoms with Gasteiger partial charge >= 0.3 is 5.97 Å². The van der Waals surface area contributed by atoms with Crippen LogP contribution in [-0.2, 0) is 18.7 Å². The Morgan fingerprint density at radius 3 is 1.98 bits per heavy atom. The lowest BCUT2D eigenvalue weighted by atomic mass is 9.87. The summed E-state index contributed by atoms with van der Waals surface area (Å²) < 4.78 is 18.7. The highest BCUT2D eigenvalue weighted by Gasteiger charge is 2.50. The van der Waals surface area contributed by atoms with Gasteiger partial charge in [0.15, 0.2) is 6.10 Å². The first-order valence-electron chi connectivity index (χ1n) is 13.8. The van der Waals surface area contributed by atoms with Crippen molar-refractivity contribution in [2.24, 2.45) is 5.92 Å². The summed E-state index contributed by atoms with van der Waals surface area (Å²) in [5, 5.41) is 2.23. The van der Waals surface area contributed by atoms with Crippen LogP contribution in [0.3, 0.4) is 0 Å². The third kappa shape index (κ3) is 6.54. The number of rotatable bonds is 9. The molecule has 41 heavy (non-hydrogen) atoms. The summed E-state index contributed by atoms with van der Waals surface area (Å²) in [6, 6.07) is 30.6. The van der Waals surface area contributed by atoms with E-state index in [1.807, 2.05) is 42.5 Å². The van der Waals surface area contributed by atoms with Crippen LogP contribution < -0.4 is 10.4 Å². The molecule has 1 aliphatic rings. The van der Waals surface area contributed by atoms with Gasteiger partial charge in [-0.3, -0.25) is 0 Å². The maximum atomic E-state index is 12.6. The average Bonchev–Trinajstić information content (AvgIpc) is 3.27. The number of cyclic esters (lactones) is 1. The van der Waals surface area contributed by atoms with Gasteiger partial charge in [0.1, 0.15) is 0 Å². The number of carbonyl (C=O) groups is 1. The third-order valence-corrected chi connectivity index (χ3v) is 12.6. The molecule has 0 bridgehead atoms. The van der Waals surface area contributed by atoms with E-state index in [4.69, 9.17) is 13.9 Å². The Bertz CT molecular complexity index is 1420. The second-order valence-corrected chi connectivity index (χ2v) is 15.5. The number of esters is 1. The zero-order valence-corrected chi connectivity index (χ0v) is 25.4. The Hall–Kier alpha value is -3.91. The standard InChI is InChI=1S/C36H38O4Si/c1-7-28(25-33(38-6)34-27(2)35(37)40-32(34)24-23-29-17-11-8-12-18-29)26-39-41(36(3,4)5,30-19-13-9-14-20-30)31-21-15-10-16-22-31/h8-22,32-34H,1-2,25-26H2,3-6H3/t32-,33?,34+/m0/s1. The molecule has 5 heteroatoms. The summed E-state index contributed by atoms with van der Waals surface area (Å²) in [6.07, 6.45) is -0.637. The Labute approximate surface area is 245 Å². The second-order valence-electron chi connectivity index (χ2n) is 11.2. The molecule has 0 radical (unpaired) electrons. The van der Waals surface area contributed by atoms with E-state index in [-0.39, 0.29) is 5.04 Å². The van der Waals surface area contributed by atoms with Crippen LogP contribution in [0, 0.1) is 17.8 Å². The molecule has 1 aliphatic heterocycles. The van der Waals surface area contributed by atoms with Crippen molar-refractivity contribution in [3.63, 3.8) is 0 Å². The number of carbonyl (C=O) groups excluding carboxylic acids is 1. The zero-order valence-electron chi connectivity index (χ0n) is 24.4. The Kier molecular flexibility index (Phi) is 9.65. The molecule has 3 aromatic carbocycles. The molecular formula is C36H38O4Si. The maximum Gasteiger partial charge on any atom is 0.335 e. The van der Waals surface area contributed by atoms with Crippen molar-refractivity contribution >= 4 is 24.7 Å². The van der Waals surface area contributed by atoms with E-state index in [0.717, 1.165) is 11.1 Å². The van der Waals surface area contributed by atoms with Gasteiger partial charge < -0.3 is 13.9 Å². The molecule has 0 spiro atoms. The molecule has 1 fully saturated rings. The monoisotopic (exact) mass is 562 g/mol. The van der Waals surface area contributed by atoms with Crippen LogP contribution in [0.2, 0.25) is 5.04 Å². The first-order valence-corrected chi connectivity index (χ1v) is 15.7. The average molecular weight is 563 g/mol. The van der Waals surface area contributed by atoms with Crippen molar-refractivity contribution < 1.29 is 18.7 Å². The van der Waals surface area contributed by atoms with Crippen molar-refractivity contribution in [3.05, 3.63) is 127 Å². The van der Waals surface area contributed by atoms with E-state index in [9.17, 15) is 4.79 Å². The van der Waals surface area contributed by atoms with Gasteiger partial charge in [0.25, 0.3) is 8.32 Å². The van der Waals surface area contributed by atoms with Crippen LogP contribution in [0.4, 0.5) is 0 Å².